The summed E-state index contributed by atoms with van der Waals surface area (Å²) in [6, 6.07) is 1.52. The summed E-state index contributed by atoms with van der Waals surface area (Å²) in [5.41, 5.74) is 0.372. The number of nitrogens with one attached hydrogen (secondary N) is 2. The molecule has 1 unspecified atom stereocenters. The van der Waals surface area contributed by atoms with E-state index < -0.39 is 29.9 Å². The van der Waals surface area contributed by atoms with Gasteiger partial charge in [0.05, 0.1) is 18.3 Å². The van der Waals surface area contributed by atoms with E-state index in [0.29, 0.717) is 31.8 Å². The van der Waals surface area contributed by atoms with Gasteiger partial charge in [0.15, 0.2) is 11.6 Å². The number of halogens is 3. The van der Waals surface area contributed by atoms with Gasteiger partial charge in [-0.2, -0.15) is 13.2 Å². The minimum absolute atomic E-state index is 0.170. The first kappa shape index (κ1) is 26.9. The Morgan fingerprint density at radius 1 is 1.28 bits per heavy atom. The van der Waals surface area contributed by atoms with E-state index in [0.717, 1.165) is 6.92 Å². The third-order valence-corrected chi connectivity index (χ3v) is 6.60. The molecule has 0 aromatic carbocycles. The van der Waals surface area contributed by atoms with Crippen LogP contribution in [0.1, 0.15) is 37.7 Å². The van der Waals surface area contributed by atoms with Gasteiger partial charge in [0, 0.05) is 19.2 Å². The maximum atomic E-state index is 13.4. The fourth-order valence-corrected chi connectivity index (χ4v) is 4.63. The number of nitrogens with zero attached hydrogens (tertiary/aromatic N) is 5. The van der Waals surface area contributed by atoms with Gasteiger partial charge in [-0.05, 0) is 39.3 Å². The first-order valence-corrected chi connectivity index (χ1v) is 12.4. The third-order valence-electron chi connectivity index (χ3n) is 6.60. The second-order valence-electron chi connectivity index (χ2n) is 9.97. The Hall–Kier alpha value is -3.72. The summed E-state index contributed by atoms with van der Waals surface area (Å²) in [5.74, 6) is -1.11. The number of ether oxygens (including phenoxy) is 3. The number of fused-ring (bicyclic) bond motifs is 4. The SMILES string of the molecule is CC(NC(=O)c1ccc2c(n1)N(C(=O)Nc1cc(OC[C@H]3COC(C)(C)O3)ncn1)[C@H]1CCN2C1)C(F)(F)F. The predicted octanol–water partition coefficient (Wildman–Crippen LogP) is 2.71. The highest BCUT2D eigenvalue weighted by atomic mass is 19.4. The highest BCUT2D eigenvalue weighted by Gasteiger charge is 2.41. The van der Waals surface area contributed by atoms with Crippen molar-refractivity contribution in [2.75, 3.05) is 41.4 Å². The van der Waals surface area contributed by atoms with Gasteiger partial charge in [-0.3, -0.25) is 15.0 Å². The number of pyridine rings is 1. The van der Waals surface area contributed by atoms with Gasteiger partial charge in [0.1, 0.15) is 36.6 Å². The summed E-state index contributed by atoms with van der Waals surface area (Å²) in [5, 5.41) is 4.61. The van der Waals surface area contributed by atoms with Gasteiger partial charge in [-0.15, -0.1) is 0 Å². The zero-order valence-corrected chi connectivity index (χ0v) is 21.5. The number of aromatic nitrogens is 3. The van der Waals surface area contributed by atoms with Crippen molar-refractivity contribution in [3.63, 3.8) is 0 Å². The monoisotopic (exact) mass is 551 g/mol. The zero-order valence-electron chi connectivity index (χ0n) is 21.5. The summed E-state index contributed by atoms with van der Waals surface area (Å²) in [4.78, 5) is 41.8. The number of hydrogen-bond acceptors (Lipinski definition) is 9. The number of carbonyl (C=O) groups excluding carboxylic acids is 2. The molecule has 39 heavy (non-hydrogen) atoms. The van der Waals surface area contributed by atoms with Crippen LogP contribution in [-0.2, 0) is 9.47 Å². The van der Waals surface area contributed by atoms with Crippen LogP contribution in [0.3, 0.4) is 0 Å². The fraction of sp³-hybridized carbons (Fsp3) is 0.542. The normalized spacial score (nSPS) is 22.3. The summed E-state index contributed by atoms with van der Waals surface area (Å²) >= 11 is 0. The molecule has 2 N–H and O–H groups in total. The Balaban J connectivity index is 1.31. The number of urea groups is 1. The largest absolute Gasteiger partial charge is 0.475 e. The van der Waals surface area contributed by atoms with Crippen LogP contribution in [0.2, 0.25) is 0 Å². The number of alkyl halides is 3. The number of anilines is 3. The van der Waals surface area contributed by atoms with Crippen molar-refractivity contribution in [1.29, 1.82) is 0 Å². The number of amides is 3. The highest BCUT2D eigenvalue weighted by molar-refractivity contribution is 6.05. The van der Waals surface area contributed by atoms with Crippen molar-refractivity contribution < 1.29 is 37.0 Å². The van der Waals surface area contributed by atoms with Crippen LogP contribution in [0.15, 0.2) is 24.5 Å². The number of hydrogen-bond donors (Lipinski definition) is 2. The summed E-state index contributed by atoms with van der Waals surface area (Å²) in [6.45, 7) is 6.23. The maximum absolute atomic E-state index is 13.4. The van der Waals surface area contributed by atoms with Crippen LogP contribution >= 0.6 is 0 Å². The van der Waals surface area contributed by atoms with Crippen molar-refractivity contribution in [2.24, 2.45) is 0 Å². The lowest BCUT2D eigenvalue weighted by molar-refractivity contribution is -0.149. The molecule has 5 heterocycles. The van der Waals surface area contributed by atoms with Crippen molar-refractivity contribution >= 4 is 29.3 Å². The molecule has 15 heteroatoms. The molecular formula is C24H28F3N7O5. The van der Waals surface area contributed by atoms with E-state index >= 15 is 0 Å². The number of rotatable bonds is 6. The summed E-state index contributed by atoms with van der Waals surface area (Å²) < 4.78 is 55.7. The molecule has 210 valence electrons. The minimum atomic E-state index is -4.60. The van der Waals surface area contributed by atoms with Crippen LogP contribution in [0.5, 0.6) is 5.88 Å². The van der Waals surface area contributed by atoms with Crippen molar-refractivity contribution in [2.45, 2.75) is 57.3 Å². The molecular weight excluding hydrogens is 523 g/mol. The lowest BCUT2D eigenvalue weighted by Gasteiger charge is -2.35. The highest BCUT2D eigenvalue weighted by Crippen LogP contribution is 2.39. The van der Waals surface area contributed by atoms with Crippen molar-refractivity contribution in [1.82, 2.24) is 20.3 Å². The van der Waals surface area contributed by atoms with E-state index in [9.17, 15) is 22.8 Å². The average Bonchev–Trinajstić information content (AvgIpc) is 3.45. The van der Waals surface area contributed by atoms with Crippen LogP contribution in [0.25, 0.3) is 0 Å². The molecule has 12 nitrogen and oxygen atoms in total. The van der Waals surface area contributed by atoms with Gasteiger partial charge in [0.2, 0.25) is 5.88 Å². The lowest BCUT2D eigenvalue weighted by Crippen LogP contribution is -2.49. The standard InChI is InChI=1S/C24H28F3N7O5/c1-13(24(25,26)27)30-21(35)16-4-5-17-20(31-16)34(14-6-7-33(17)9-14)22(36)32-18-8-19(29-12-28-18)37-10-15-11-38-23(2,3)39-15/h4-5,8,12-15H,6-7,9-11H2,1-3H3,(H,30,35)(H,28,29,32,36)/t13?,14-,15-/m0/s1. The van der Waals surface area contributed by atoms with Gasteiger partial charge in [-0.1, -0.05) is 0 Å². The lowest BCUT2D eigenvalue weighted by atomic mass is 10.1. The van der Waals surface area contributed by atoms with Crippen LogP contribution in [-0.4, -0.2) is 83.3 Å². The van der Waals surface area contributed by atoms with Gasteiger partial charge < -0.3 is 24.4 Å². The molecule has 0 radical (unpaired) electrons. The van der Waals surface area contributed by atoms with E-state index in [1.807, 2.05) is 10.2 Å². The molecule has 2 bridgehead atoms. The molecule has 5 rings (SSSR count). The minimum Gasteiger partial charge on any atom is -0.475 e. The fourth-order valence-electron chi connectivity index (χ4n) is 4.63. The summed E-state index contributed by atoms with van der Waals surface area (Å²) in [7, 11) is 0. The molecule has 2 fully saturated rings. The molecule has 3 aliphatic rings. The molecule has 2 aromatic heterocycles. The van der Waals surface area contributed by atoms with E-state index in [1.54, 1.807) is 19.9 Å². The molecule has 3 aliphatic heterocycles. The summed E-state index contributed by atoms with van der Waals surface area (Å²) in [6.07, 6.45) is -2.99. The smallest absolute Gasteiger partial charge is 0.408 e. The van der Waals surface area contributed by atoms with Gasteiger partial charge >= 0.3 is 12.2 Å². The Morgan fingerprint density at radius 3 is 2.79 bits per heavy atom. The molecule has 3 atom stereocenters. The van der Waals surface area contributed by atoms with E-state index in [-0.39, 0.29) is 42.0 Å². The third kappa shape index (κ3) is 5.83. The van der Waals surface area contributed by atoms with Crippen LogP contribution in [0.4, 0.5) is 35.3 Å². The second kappa shape index (κ2) is 10.1. The van der Waals surface area contributed by atoms with Crippen LogP contribution < -0.4 is 25.2 Å². The van der Waals surface area contributed by atoms with Gasteiger partial charge in [-0.25, -0.2) is 19.7 Å². The average molecular weight is 552 g/mol. The molecule has 2 aromatic rings. The maximum Gasteiger partial charge on any atom is 0.408 e. The first-order chi connectivity index (χ1) is 18.4. The molecule has 0 saturated carbocycles. The van der Waals surface area contributed by atoms with E-state index in [4.69, 9.17) is 14.2 Å². The second-order valence-corrected chi connectivity index (χ2v) is 9.97. The molecule has 0 aliphatic carbocycles. The Labute approximate surface area is 221 Å². The molecule has 0 spiro atoms. The topological polar surface area (TPSA) is 131 Å². The Morgan fingerprint density at radius 2 is 2.08 bits per heavy atom. The molecule has 2 saturated heterocycles. The van der Waals surface area contributed by atoms with Crippen molar-refractivity contribution in [3.8, 4) is 5.88 Å². The first-order valence-electron chi connectivity index (χ1n) is 12.4. The number of carbonyl (C=O) groups is 2. The quantitative estimate of drug-likeness (QED) is 0.556. The Kier molecular flexibility index (Phi) is 6.97. The zero-order chi connectivity index (χ0) is 27.9. The van der Waals surface area contributed by atoms with Crippen LogP contribution in [0, 0.1) is 0 Å². The van der Waals surface area contributed by atoms with Gasteiger partial charge in [0.25, 0.3) is 5.91 Å². The molecule has 3 amide bonds. The van der Waals surface area contributed by atoms with E-state index in [2.05, 4.69) is 20.3 Å². The van der Waals surface area contributed by atoms with Crippen molar-refractivity contribution in [3.05, 3.63) is 30.2 Å². The van der Waals surface area contributed by atoms with E-state index in [1.165, 1.54) is 23.4 Å². The Bertz CT molecular complexity index is 1260. The predicted molar refractivity (Wildman–Crippen MR) is 132 cm³/mol.